The maximum atomic E-state index is 12.8. The zero-order valence-corrected chi connectivity index (χ0v) is 13.5. The van der Waals surface area contributed by atoms with Gasteiger partial charge in [0.15, 0.2) is 6.10 Å². The van der Waals surface area contributed by atoms with E-state index in [9.17, 15) is 14.0 Å². The van der Waals surface area contributed by atoms with Gasteiger partial charge >= 0.3 is 5.97 Å². The second kappa shape index (κ2) is 8.06. The molecule has 0 aliphatic heterocycles. The number of amides is 1. The second-order valence-corrected chi connectivity index (χ2v) is 5.20. The first-order chi connectivity index (χ1) is 11.5. The third kappa shape index (κ3) is 4.78. The lowest BCUT2D eigenvalue weighted by Gasteiger charge is -2.21. The van der Waals surface area contributed by atoms with Crippen LogP contribution in [-0.2, 0) is 14.3 Å². The van der Waals surface area contributed by atoms with Gasteiger partial charge in [0, 0.05) is 18.8 Å². The monoisotopic (exact) mass is 327 g/mol. The number of esters is 1. The van der Waals surface area contributed by atoms with Crippen LogP contribution in [0.1, 0.15) is 12.5 Å². The Labute approximate surface area is 140 Å². The van der Waals surface area contributed by atoms with Crippen LogP contribution in [0.2, 0.25) is 0 Å². The largest absolute Gasteiger partial charge is 0.449 e. The summed E-state index contributed by atoms with van der Waals surface area (Å²) >= 11 is 0. The van der Waals surface area contributed by atoms with Crippen LogP contribution in [-0.4, -0.2) is 25.0 Å². The summed E-state index contributed by atoms with van der Waals surface area (Å²) in [5.74, 6) is -1.32. The molecule has 0 bridgehead atoms. The van der Waals surface area contributed by atoms with E-state index in [0.717, 1.165) is 0 Å². The minimum Gasteiger partial charge on any atom is -0.449 e. The van der Waals surface area contributed by atoms with Crippen molar-refractivity contribution in [3.8, 4) is 0 Å². The Morgan fingerprint density at radius 1 is 1.08 bits per heavy atom. The first-order valence-electron chi connectivity index (χ1n) is 7.44. The maximum absolute atomic E-state index is 12.8. The van der Waals surface area contributed by atoms with Gasteiger partial charge in [0.1, 0.15) is 5.82 Å². The molecule has 0 N–H and O–H groups in total. The Morgan fingerprint density at radius 3 is 2.33 bits per heavy atom. The zero-order chi connectivity index (χ0) is 17.5. The summed E-state index contributed by atoms with van der Waals surface area (Å²) < 4.78 is 17.9. The quantitative estimate of drug-likeness (QED) is 0.624. The zero-order valence-electron chi connectivity index (χ0n) is 13.5. The van der Waals surface area contributed by atoms with Gasteiger partial charge < -0.3 is 9.64 Å². The summed E-state index contributed by atoms with van der Waals surface area (Å²) in [6, 6.07) is 14.8. The molecule has 0 saturated carbocycles. The van der Waals surface area contributed by atoms with E-state index in [1.807, 2.05) is 18.2 Å². The van der Waals surface area contributed by atoms with E-state index in [1.54, 1.807) is 19.2 Å². The van der Waals surface area contributed by atoms with Gasteiger partial charge in [0.05, 0.1) is 0 Å². The van der Waals surface area contributed by atoms with Gasteiger partial charge in [-0.1, -0.05) is 30.3 Å². The topological polar surface area (TPSA) is 46.6 Å². The molecular formula is C19H18FNO3. The number of hydrogen-bond donors (Lipinski definition) is 0. The molecule has 124 valence electrons. The molecular weight excluding hydrogens is 309 g/mol. The number of benzene rings is 2. The SMILES string of the molecule is C[C@H](OC(=O)/C=C/c1ccc(F)cc1)C(=O)N(C)c1ccccc1. The van der Waals surface area contributed by atoms with Crippen molar-refractivity contribution in [3.63, 3.8) is 0 Å². The lowest BCUT2D eigenvalue weighted by molar-refractivity contribution is -0.148. The number of rotatable bonds is 5. The van der Waals surface area contributed by atoms with Crippen LogP contribution < -0.4 is 4.90 Å². The first kappa shape index (κ1) is 17.4. The molecule has 24 heavy (non-hydrogen) atoms. The van der Waals surface area contributed by atoms with Gasteiger partial charge in [-0.15, -0.1) is 0 Å². The van der Waals surface area contributed by atoms with Gasteiger partial charge in [-0.05, 0) is 42.8 Å². The molecule has 1 amide bonds. The van der Waals surface area contributed by atoms with Crippen molar-refractivity contribution in [1.29, 1.82) is 0 Å². The molecule has 0 aromatic heterocycles. The van der Waals surface area contributed by atoms with Gasteiger partial charge in [0.2, 0.25) is 0 Å². The van der Waals surface area contributed by atoms with Crippen LogP contribution in [0.3, 0.4) is 0 Å². The lowest BCUT2D eigenvalue weighted by atomic mass is 10.2. The molecule has 1 atom stereocenters. The van der Waals surface area contributed by atoms with Crippen molar-refractivity contribution >= 4 is 23.6 Å². The number of anilines is 1. The van der Waals surface area contributed by atoms with Crippen molar-refractivity contribution < 1.29 is 18.7 Å². The van der Waals surface area contributed by atoms with Crippen LogP contribution >= 0.6 is 0 Å². The highest BCUT2D eigenvalue weighted by molar-refractivity contribution is 5.98. The number of halogens is 1. The molecule has 0 heterocycles. The number of hydrogen-bond acceptors (Lipinski definition) is 3. The van der Waals surface area contributed by atoms with Gasteiger partial charge in [-0.3, -0.25) is 4.79 Å². The summed E-state index contributed by atoms with van der Waals surface area (Å²) in [6.45, 7) is 1.52. The van der Waals surface area contributed by atoms with Crippen molar-refractivity contribution in [2.24, 2.45) is 0 Å². The molecule has 0 aliphatic rings. The number of para-hydroxylation sites is 1. The Balaban J connectivity index is 1.93. The fourth-order valence-corrected chi connectivity index (χ4v) is 2.05. The van der Waals surface area contributed by atoms with E-state index in [-0.39, 0.29) is 11.7 Å². The Bertz CT molecular complexity index is 726. The van der Waals surface area contributed by atoms with Crippen molar-refractivity contribution in [2.75, 3.05) is 11.9 Å². The fourth-order valence-electron chi connectivity index (χ4n) is 2.05. The van der Waals surface area contributed by atoms with Crippen LogP contribution in [0.25, 0.3) is 6.08 Å². The van der Waals surface area contributed by atoms with Crippen molar-refractivity contribution in [3.05, 3.63) is 72.1 Å². The van der Waals surface area contributed by atoms with E-state index in [0.29, 0.717) is 11.3 Å². The third-order valence-corrected chi connectivity index (χ3v) is 3.40. The van der Waals surface area contributed by atoms with Gasteiger partial charge in [0.25, 0.3) is 5.91 Å². The predicted octanol–water partition coefficient (Wildman–Crippen LogP) is 3.43. The van der Waals surface area contributed by atoms with E-state index in [4.69, 9.17) is 4.74 Å². The average Bonchev–Trinajstić information content (AvgIpc) is 2.60. The molecule has 2 aromatic rings. The number of likely N-dealkylation sites (N-methyl/N-ethyl adjacent to an activating group) is 1. The maximum Gasteiger partial charge on any atom is 0.331 e. The highest BCUT2D eigenvalue weighted by Crippen LogP contribution is 2.13. The normalized spacial score (nSPS) is 12.0. The summed E-state index contributed by atoms with van der Waals surface area (Å²) in [7, 11) is 1.62. The molecule has 4 nitrogen and oxygen atoms in total. The van der Waals surface area contributed by atoms with Gasteiger partial charge in [-0.25, -0.2) is 9.18 Å². The summed E-state index contributed by atoms with van der Waals surface area (Å²) in [5.41, 5.74) is 1.38. The highest BCUT2D eigenvalue weighted by Gasteiger charge is 2.21. The molecule has 0 unspecified atom stereocenters. The van der Waals surface area contributed by atoms with Crippen LogP contribution in [0.15, 0.2) is 60.7 Å². The Kier molecular flexibility index (Phi) is 5.84. The minimum absolute atomic E-state index is 0.329. The Morgan fingerprint density at radius 2 is 1.71 bits per heavy atom. The summed E-state index contributed by atoms with van der Waals surface area (Å²) in [5, 5.41) is 0. The molecule has 2 aromatic carbocycles. The molecule has 5 heteroatoms. The first-order valence-corrected chi connectivity index (χ1v) is 7.44. The number of carbonyl (C=O) groups excluding carboxylic acids is 2. The third-order valence-electron chi connectivity index (χ3n) is 3.40. The number of carbonyl (C=O) groups is 2. The number of nitrogens with zero attached hydrogens (tertiary/aromatic N) is 1. The standard InChI is InChI=1S/C19H18FNO3/c1-14(19(23)21(2)17-6-4-3-5-7-17)24-18(22)13-10-15-8-11-16(20)12-9-15/h3-14H,1-2H3/b13-10+/t14-/m0/s1. The molecule has 0 fully saturated rings. The summed E-state index contributed by atoms with van der Waals surface area (Å²) in [4.78, 5) is 25.5. The molecule has 0 spiro atoms. The second-order valence-electron chi connectivity index (χ2n) is 5.20. The van der Waals surface area contributed by atoms with E-state index in [1.165, 1.54) is 48.2 Å². The molecule has 2 rings (SSSR count). The predicted molar refractivity (Wildman–Crippen MR) is 90.8 cm³/mol. The lowest BCUT2D eigenvalue weighted by Crippen LogP contribution is -2.37. The highest BCUT2D eigenvalue weighted by atomic mass is 19.1. The van der Waals surface area contributed by atoms with E-state index < -0.39 is 12.1 Å². The Hall–Kier alpha value is -2.95. The van der Waals surface area contributed by atoms with Crippen molar-refractivity contribution in [1.82, 2.24) is 0 Å². The van der Waals surface area contributed by atoms with E-state index in [2.05, 4.69) is 0 Å². The van der Waals surface area contributed by atoms with Gasteiger partial charge in [-0.2, -0.15) is 0 Å². The summed E-state index contributed by atoms with van der Waals surface area (Å²) in [6.07, 6.45) is 1.79. The smallest absolute Gasteiger partial charge is 0.331 e. The minimum atomic E-state index is -0.916. The average molecular weight is 327 g/mol. The molecule has 0 saturated heterocycles. The molecule has 0 radical (unpaired) electrons. The molecule has 0 aliphatic carbocycles. The van der Waals surface area contributed by atoms with Crippen LogP contribution in [0, 0.1) is 5.82 Å². The van der Waals surface area contributed by atoms with Crippen molar-refractivity contribution in [2.45, 2.75) is 13.0 Å². The number of ether oxygens (including phenoxy) is 1. The van der Waals surface area contributed by atoms with Crippen LogP contribution in [0.4, 0.5) is 10.1 Å². The fraction of sp³-hybridized carbons (Fsp3) is 0.158. The van der Waals surface area contributed by atoms with E-state index >= 15 is 0 Å². The van der Waals surface area contributed by atoms with Crippen LogP contribution in [0.5, 0.6) is 0 Å².